The molecule has 3 rings (SSSR count). The SMILES string of the molecule is COC(=O)[C@H]1[C@@H]2C[C@H]3[C@@H](O)CCC[C@]3(C)[C@@H]21. The number of ether oxygens (including phenoxy) is 1. The Morgan fingerprint density at radius 2 is 2.25 bits per heavy atom. The second-order valence-corrected chi connectivity index (χ2v) is 6.05. The number of esters is 1. The van der Waals surface area contributed by atoms with E-state index in [9.17, 15) is 9.90 Å². The molecular weight excluding hydrogens is 204 g/mol. The first-order valence-corrected chi connectivity index (χ1v) is 6.35. The number of rotatable bonds is 1. The molecule has 0 unspecified atom stereocenters. The highest BCUT2D eigenvalue weighted by Crippen LogP contribution is 2.72. The highest BCUT2D eigenvalue weighted by molar-refractivity contribution is 5.77. The Balaban J connectivity index is 1.81. The molecule has 3 nitrogen and oxygen atoms in total. The molecule has 0 aromatic heterocycles. The zero-order valence-corrected chi connectivity index (χ0v) is 9.98. The van der Waals surface area contributed by atoms with Gasteiger partial charge in [0, 0.05) is 0 Å². The summed E-state index contributed by atoms with van der Waals surface area (Å²) in [6.45, 7) is 2.27. The molecule has 0 aromatic carbocycles. The molecule has 6 atom stereocenters. The van der Waals surface area contributed by atoms with E-state index in [0.717, 1.165) is 19.3 Å². The van der Waals surface area contributed by atoms with Crippen molar-refractivity contribution in [3.8, 4) is 0 Å². The summed E-state index contributed by atoms with van der Waals surface area (Å²) in [7, 11) is 1.48. The van der Waals surface area contributed by atoms with Crippen LogP contribution in [0.3, 0.4) is 0 Å². The Labute approximate surface area is 96.2 Å². The maximum absolute atomic E-state index is 11.6. The van der Waals surface area contributed by atoms with Crippen LogP contribution in [0.15, 0.2) is 0 Å². The largest absolute Gasteiger partial charge is 0.469 e. The second-order valence-electron chi connectivity index (χ2n) is 6.05. The van der Waals surface area contributed by atoms with Gasteiger partial charge in [-0.2, -0.15) is 0 Å². The predicted octanol–water partition coefficient (Wildman–Crippen LogP) is 1.59. The fraction of sp³-hybridized carbons (Fsp3) is 0.923. The molecule has 0 radical (unpaired) electrons. The van der Waals surface area contributed by atoms with Crippen molar-refractivity contribution in [1.29, 1.82) is 0 Å². The molecule has 0 spiro atoms. The normalized spacial score (nSPS) is 54.1. The van der Waals surface area contributed by atoms with Gasteiger partial charge in [0.05, 0.1) is 19.1 Å². The number of carbonyl (C=O) groups is 1. The van der Waals surface area contributed by atoms with Crippen LogP contribution >= 0.6 is 0 Å². The fourth-order valence-corrected chi connectivity index (χ4v) is 4.68. The molecule has 3 aliphatic carbocycles. The van der Waals surface area contributed by atoms with Crippen molar-refractivity contribution in [2.45, 2.75) is 38.7 Å². The third-order valence-electron chi connectivity index (χ3n) is 5.46. The van der Waals surface area contributed by atoms with Gasteiger partial charge >= 0.3 is 5.97 Å². The molecule has 0 aromatic rings. The second kappa shape index (κ2) is 3.22. The van der Waals surface area contributed by atoms with E-state index in [1.807, 2.05) is 0 Å². The molecule has 0 heterocycles. The molecular formula is C13H20O3. The Morgan fingerprint density at radius 3 is 2.94 bits per heavy atom. The number of fused-ring (bicyclic) bond motifs is 3. The van der Waals surface area contributed by atoms with Crippen LogP contribution in [0.1, 0.15) is 32.6 Å². The topological polar surface area (TPSA) is 46.5 Å². The van der Waals surface area contributed by atoms with E-state index >= 15 is 0 Å². The molecule has 3 saturated carbocycles. The van der Waals surface area contributed by atoms with Crippen LogP contribution in [0, 0.1) is 29.1 Å². The van der Waals surface area contributed by atoms with Gasteiger partial charge in [-0.3, -0.25) is 4.79 Å². The van der Waals surface area contributed by atoms with E-state index in [-0.39, 0.29) is 23.4 Å². The van der Waals surface area contributed by atoms with Crippen LogP contribution in [0.2, 0.25) is 0 Å². The van der Waals surface area contributed by atoms with Gasteiger partial charge in [-0.15, -0.1) is 0 Å². The molecule has 0 amide bonds. The molecule has 0 bridgehead atoms. The Morgan fingerprint density at radius 1 is 1.50 bits per heavy atom. The van der Waals surface area contributed by atoms with Gasteiger partial charge in [-0.05, 0) is 42.4 Å². The van der Waals surface area contributed by atoms with Crippen LogP contribution in [0.5, 0.6) is 0 Å². The first-order valence-electron chi connectivity index (χ1n) is 6.35. The average molecular weight is 224 g/mol. The van der Waals surface area contributed by atoms with Crippen LogP contribution in [-0.4, -0.2) is 24.3 Å². The Hall–Kier alpha value is -0.570. The van der Waals surface area contributed by atoms with Crippen molar-refractivity contribution < 1.29 is 14.6 Å². The summed E-state index contributed by atoms with van der Waals surface area (Å²) in [6, 6.07) is 0. The van der Waals surface area contributed by atoms with Crippen molar-refractivity contribution in [3.63, 3.8) is 0 Å². The van der Waals surface area contributed by atoms with Gasteiger partial charge < -0.3 is 9.84 Å². The molecule has 3 aliphatic rings. The maximum atomic E-state index is 11.6. The number of hydrogen-bond donors (Lipinski definition) is 1. The van der Waals surface area contributed by atoms with Crippen LogP contribution < -0.4 is 0 Å². The smallest absolute Gasteiger partial charge is 0.309 e. The van der Waals surface area contributed by atoms with Crippen molar-refractivity contribution >= 4 is 5.97 Å². The summed E-state index contributed by atoms with van der Waals surface area (Å²) in [5.74, 6) is 1.51. The minimum Gasteiger partial charge on any atom is -0.469 e. The monoisotopic (exact) mass is 224 g/mol. The van der Waals surface area contributed by atoms with E-state index in [2.05, 4.69) is 6.92 Å². The maximum Gasteiger partial charge on any atom is 0.309 e. The summed E-state index contributed by atoms with van der Waals surface area (Å²) in [5.41, 5.74) is 0.196. The standard InChI is InChI=1S/C13H20O3/c1-13-5-3-4-9(14)8(13)6-7-10(11(7)13)12(15)16-2/h7-11,14H,3-6H2,1-2H3/t7-,8-,9-,10-,11-,13-/m0/s1. The highest BCUT2D eigenvalue weighted by atomic mass is 16.5. The summed E-state index contributed by atoms with van der Waals surface area (Å²) < 4.78 is 4.86. The minimum absolute atomic E-state index is 0.0326. The molecule has 90 valence electrons. The number of aliphatic hydroxyl groups is 1. The van der Waals surface area contributed by atoms with Gasteiger partial charge in [0.1, 0.15) is 0 Å². The van der Waals surface area contributed by atoms with Crippen molar-refractivity contribution in [1.82, 2.24) is 0 Å². The zero-order valence-electron chi connectivity index (χ0n) is 9.98. The van der Waals surface area contributed by atoms with Gasteiger partial charge in [0.25, 0.3) is 0 Å². The molecule has 1 N–H and O–H groups in total. The summed E-state index contributed by atoms with van der Waals surface area (Å²) in [5, 5.41) is 10.0. The number of methoxy groups -OCH3 is 1. The van der Waals surface area contributed by atoms with Gasteiger partial charge in [0.15, 0.2) is 0 Å². The van der Waals surface area contributed by atoms with Crippen molar-refractivity contribution in [2.24, 2.45) is 29.1 Å². The third kappa shape index (κ3) is 1.15. The molecule has 16 heavy (non-hydrogen) atoms. The summed E-state index contributed by atoms with van der Waals surface area (Å²) >= 11 is 0. The van der Waals surface area contributed by atoms with E-state index in [4.69, 9.17) is 4.74 Å². The molecule has 0 aliphatic heterocycles. The fourth-order valence-electron chi connectivity index (χ4n) is 4.68. The van der Waals surface area contributed by atoms with E-state index in [1.54, 1.807) is 0 Å². The number of aliphatic hydroxyl groups excluding tert-OH is 1. The van der Waals surface area contributed by atoms with Crippen molar-refractivity contribution in [3.05, 3.63) is 0 Å². The predicted molar refractivity (Wildman–Crippen MR) is 58.6 cm³/mol. The number of carbonyl (C=O) groups excluding carboxylic acids is 1. The average Bonchev–Trinajstić information content (AvgIpc) is 2.90. The lowest BCUT2D eigenvalue weighted by Crippen LogP contribution is -2.40. The van der Waals surface area contributed by atoms with E-state index < -0.39 is 0 Å². The highest BCUT2D eigenvalue weighted by Gasteiger charge is 2.71. The van der Waals surface area contributed by atoms with Gasteiger partial charge in [-0.1, -0.05) is 13.3 Å². The van der Waals surface area contributed by atoms with Gasteiger partial charge in [0.2, 0.25) is 0 Å². The van der Waals surface area contributed by atoms with E-state index in [0.29, 0.717) is 17.8 Å². The van der Waals surface area contributed by atoms with Crippen molar-refractivity contribution in [2.75, 3.05) is 7.11 Å². The van der Waals surface area contributed by atoms with Crippen LogP contribution in [0.25, 0.3) is 0 Å². The summed E-state index contributed by atoms with van der Waals surface area (Å²) in [6.07, 6.45) is 4.11. The quantitative estimate of drug-likeness (QED) is 0.688. The molecule has 3 heteroatoms. The summed E-state index contributed by atoms with van der Waals surface area (Å²) in [4.78, 5) is 11.6. The lowest BCUT2D eigenvalue weighted by molar-refractivity contribution is -0.144. The first kappa shape index (κ1) is 10.6. The Bertz CT molecular complexity index is 327. The molecule has 0 saturated heterocycles. The van der Waals surface area contributed by atoms with Crippen LogP contribution in [0.4, 0.5) is 0 Å². The Kier molecular flexibility index (Phi) is 2.13. The lowest BCUT2D eigenvalue weighted by atomic mass is 9.64. The van der Waals surface area contributed by atoms with Crippen LogP contribution in [-0.2, 0) is 9.53 Å². The lowest BCUT2D eigenvalue weighted by Gasteiger charge is -2.42. The first-order chi connectivity index (χ1) is 7.59. The third-order valence-corrected chi connectivity index (χ3v) is 5.46. The minimum atomic E-state index is -0.134. The van der Waals surface area contributed by atoms with Gasteiger partial charge in [-0.25, -0.2) is 0 Å². The van der Waals surface area contributed by atoms with E-state index in [1.165, 1.54) is 13.5 Å². The molecule has 3 fully saturated rings. The zero-order chi connectivity index (χ0) is 11.5. The number of hydrogen-bond acceptors (Lipinski definition) is 3.